The molecular formula is C20H20N2O3S2. The van der Waals surface area contributed by atoms with Gasteiger partial charge in [-0.1, -0.05) is 18.2 Å². The lowest BCUT2D eigenvalue weighted by molar-refractivity contribution is -0.153. The molecule has 0 saturated heterocycles. The summed E-state index contributed by atoms with van der Waals surface area (Å²) in [5.41, 5.74) is 2.49. The van der Waals surface area contributed by atoms with Crippen molar-refractivity contribution in [1.82, 2.24) is 4.98 Å². The largest absolute Gasteiger partial charge is 0.452 e. The minimum atomic E-state index is -0.854. The molecule has 3 rings (SSSR count). The second-order valence-corrected chi connectivity index (χ2v) is 7.52. The fourth-order valence-corrected chi connectivity index (χ4v) is 4.17. The second kappa shape index (κ2) is 8.92. The van der Waals surface area contributed by atoms with Gasteiger partial charge in [-0.05, 0) is 37.4 Å². The molecule has 0 fully saturated rings. The van der Waals surface area contributed by atoms with Gasteiger partial charge in [0.15, 0.2) is 6.10 Å². The molecule has 5 nitrogen and oxygen atoms in total. The molecule has 0 aliphatic rings. The van der Waals surface area contributed by atoms with Crippen LogP contribution in [0.5, 0.6) is 0 Å². The number of nitrogens with zero attached hydrogens (tertiary/aromatic N) is 2. The Hall–Kier alpha value is -2.51. The summed E-state index contributed by atoms with van der Waals surface area (Å²) in [5.74, 6) is -0.698. The summed E-state index contributed by atoms with van der Waals surface area (Å²) in [4.78, 5) is 31.0. The highest BCUT2D eigenvalue weighted by Gasteiger charge is 2.24. The van der Waals surface area contributed by atoms with E-state index >= 15 is 0 Å². The van der Waals surface area contributed by atoms with Crippen LogP contribution in [-0.2, 0) is 20.7 Å². The van der Waals surface area contributed by atoms with Crippen molar-refractivity contribution in [3.8, 4) is 10.6 Å². The number of carbonyl (C=O) groups is 2. The fraction of sp³-hybridized carbons (Fsp3) is 0.250. The molecule has 0 spiro atoms. The Morgan fingerprint density at radius 3 is 2.63 bits per heavy atom. The number of para-hydroxylation sites is 1. The SMILES string of the molecule is CCN(C(=O)[C@@H](C)OC(=O)Cc1csc(-c2ccsc2)n1)c1ccccc1. The molecule has 1 amide bonds. The average molecular weight is 401 g/mol. The first kappa shape index (κ1) is 19.3. The summed E-state index contributed by atoms with van der Waals surface area (Å²) in [5, 5.41) is 6.74. The van der Waals surface area contributed by atoms with Crippen molar-refractivity contribution in [2.75, 3.05) is 11.4 Å². The lowest BCUT2D eigenvalue weighted by Gasteiger charge is -2.24. The first-order valence-corrected chi connectivity index (χ1v) is 10.4. The fourth-order valence-electron chi connectivity index (χ4n) is 2.64. The Labute approximate surface area is 166 Å². The van der Waals surface area contributed by atoms with Crippen molar-refractivity contribution < 1.29 is 14.3 Å². The highest BCUT2D eigenvalue weighted by Crippen LogP contribution is 2.26. The van der Waals surface area contributed by atoms with E-state index in [0.717, 1.165) is 16.3 Å². The first-order valence-electron chi connectivity index (χ1n) is 8.61. The molecule has 140 valence electrons. The molecule has 2 aromatic heterocycles. The summed E-state index contributed by atoms with van der Waals surface area (Å²) >= 11 is 3.10. The zero-order chi connectivity index (χ0) is 19.2. The van der Waals surface area contributed by atoms with E-state index in [1.165, 1.54) is 11.3 Å². The molecule has 3 aromatic rings. The molecule has 0 unspecified atom stereocenters. The van der Waals surface area contributed by atoms with Crippen molar-refractivity contribution >= 4 is 40.2 Å². The molecule has 0 saturated carbocycles. The number of likely N-dealkylation sites (N-methyl/N-ethyl adjacent to an activating group) is 1. The Morgan fingerprint density at radius 1 is 1.19 bits per heavy atom. The number of aromatic nitrogens is 1. The molecule has 27 heavy (non-hydrogen) atoms. The van der Waals surface area contributed by atoms with Crippen LogP contribution in [0.25, 0.3) is 10.6 Å². The van der Waals surface area contributed by atoms with Crippen LogP contribution in [0.15, 0.2) is 52.5 Å². The van der Waals surface area contributed by atoms with Crippen LogP contribution in [0.1, 0.15) is 19.5 Å². The summed E-state index contributed by atoms with van der Waals surface area (Å²) < 4.78 is 5.36. The normalized spacial score (nSPS) is 11.8. The van der Waals surface area contributed by atoms with Crippen molar-refractivity contribution in [2.24, 2.45) is 0 Å². The Kier molecular flexibility index (Phi) is 6.36. The lowest BCUT2D eigenvalue weighted by atomic mass is 10.2. The van der Waals surface area contributed by atoms with Crippen LogP contribution in [0.3, 0.4) is 0 Å². The van der Waals surface area contributed by atoms with Gasteiger partial charge in [-0.15, -0.1) is 11.3 Å². The summed E-state index contributed by atoms with van der Waals surface area (Å²) in [7, 11) is 0. The van der Waals surface area contributed by atoms with Crippen LogP contribution >= 0.6 is 22.7 Å². The van der Waals surface area contributed by atoms with Crippen LogP contribution in [-0.4, -0.2) is 29.5 Å². The summed E-state index contributed by atoms with van der Waals surface area (Å²) in [6.45, 7) is 3.99. The number of hydrogen-bond acceptors (Lipinski definition) is 6. The van der Waals surface area contributed by atoms with Crippen molar-refractivity contribution in [1.29, 1.82) is 0 Å². The number of thiophene rings is 1. The summed E-state index contributed by atoms with van der Waals surface area (Å²) in [6, 6.07) is 11.3. The number of amides is 1. The predicted octanol–water partition coefficient (Wildman–Crippen LogP) is 4.40. The predicted molar refractivity (Wildman–Crippen MR) is 109 cm³/mol. The third kappa shape index (κ3) is 4.81. The molecule has 7 heteroatoms. The Bertz CT molecular complexity index is 891. The van der Waals surface area contributed by atoms with Gasteiger partial charge in [0.1, 0.15) is 5.01 Å². The molecule has 1 aromatic carbocycles. The van der Waals surface area contributed by atoms with Gasteiger partial charge in [-0.25, -0.2) is 4.98 Å². The van der Waals surface area contributed by atoms with E-state index in [9.17, 15) is 9.59 Å². The van der Waals surface area contributed by atoms with Crippen LogP contribution in [0, 0.1) is 0 Å². The third-order valence-corrected chi connectivity index (χ3v) is 5.57. The maximum atomic E-state index is 12.7. The van der Waals surface area contributed by atoms with Crippen LogP contribution in [0.4, 0.5) is 5.69 Å². The molecule has 0 bridgehead atoms. The van der Waals surface area contributed by atoms with Crippen molar-refractivity contribution in [2.45, 2.75) is 26.4 Å². The zero-order valence-corrected chi connectivity index (χ0v) is 16.8. The highest BCUT2D eigenvalue weighted by atomic mass is 32.1. The van der Waals surface area contributed by atoms with E-state index in [2.05, 4.69) is 4.98 Å². The van der Waals surface area contributed by atoms with Gasteiger partial charge in [0, 0.05) is 28.6 Å². The number of hydrogen-bond donors (Lipinski definition) is 0. The minimum absolute atomic E-state index is 0.0513. The van der Waals surface area contributed by atoms with Gasteiger partial charge in [-0.2, -0.15) is 11.3 Å². The smallest absolute Gasteiger partial charge is 0.312 e. The van der Waals surface area contributed by atoms with Gasteiger partial charge >= 0.3 is 5.97 Å². The van der Waals surface area contributed by atoms with Gasteiger partial charge < -0.3 is 9.64 Å². The monoisotopic (exact) mass is 400 g/mol. The van der Waals surface area contributed by atoms with Gasteiger partial charge in [0.2, 0.25) is 0 Å². The molecule has 2 heterocycles. The molecule has 0 N–H and O–H groups in total. The first-order chi connectivity index (χ1) is 13.1. The Balaban J connectivity index is 1.59. The van der Waals surface area contributed by atoms with E-state index < -0.39 is 12.1 Å². The number of benzene rings is 1. The molecule has 0 aliphatic carbocycles. The lowest BCUT2D eigenvalue weighted by Crippen LogP contribution is -2.40. The van der Waals surface area contributed by atoms with E-state index in [4.69, 9.17) is 4.74 Å². The zero-order valence-electron chi connectivity index (χ0n) is 15.1. The number of carbonyl (C=O) groups excluding carboxylic acids is 2. The molecule has 0 radical (unpaired) electrons. The van der Waals surface area contributed by atoms with Gasteiger partial charge in [0.05, 0.1) is 12.1 Å². The number of ether oxygens (including phenoxy) is 1. The van der Waals surface area contributed by atoms with E-state index in [1.807, 2.05) is 59.5 Å². The van der Waals surface area contributed by atoms with Crippen molar-refractivity contribution in [3.63, 3.8) is 0 Å². The molecule has 0 aliphatic heterocycles. The van der Waals surface area contributed by atoms with E-state index in [-0.39, 0.29) is 12.3 Å². The number of esters is 1. The number of anilines is 1. The topological polar surface area (TPSA) is 59.5 Å². The third-order valence-electron chi connectivity index (χ3n) is 3.95. The van der Waals surface area contributed by atoms with E-state index in [1.54, 1.807) is 23.2 Å². The standard InChI is InChI=1S/C20H20N2O3S2/c1-3-22(17-7-5-4-6-8-17)20(24)14(2)25-18(23)11-16-13-27-19(21-16)15-9-10-26-12-15/h4-10,12-14H,3,11H2,1-2H3/t14-/m1/s1. The van der Waals surface area contributed by atoms with E-state index in [0.29, 0.717) is 12.2 Å². The van der Waals surface area contributed by atoms with Crippen molar-refractivity contribution in [3.05, 3.63) is 58.2 Å². The minimum Gasteiger partial charge on any atom is -0.452 e. The summed E-state index contributed by atoms with van der Waals surface area (Å²) in [6.07, 6.45) is -0.803. The average Bonchev–Trinajstić information content (AvgIpc) is 3.34. The maximum Gasteiger partial charge on any atom is 0.312 e. The molecule has 1 atom stereocenters. The van der Waals surface area contributed by atoms with Crippen LogP contribution < -0.4 is 4.90 Å². The Morgan fingerprint density at radius 2 is 1.96 bits per heavy atom. The maximum absolute atomic E-state index is 12.7. The quantitative estimate of drug-likeness (QED) is 0.552. The van der Waals surface area contributed by atoms with Gasteiger partial charge in [-0.3, -0.25) is 9.59 Å². The number of thiazole rings is 1. The number of rotatable bonds is 7. The molecular weight excluding hydrogens is 380 g/mol. The second-order valence-electron chi connectivity index (χ2n) is 5.88. The van der Waals surface area contributed by atoms with Gasteiger partial charge in [0.25, 0.3) is 5.91 Å². The highest BCUT2D eigenvalue weighted by molar-refractivity contribution is 7.14. The van der Waals surface area contributed by atoms with Crippen LogP contribution in [0.2, 0.25) is 0 Å².